The highest BCUT2D eigenvalue weighted by Gasteiger charge is 2.28. The van der Waals surface area contributed by atoms with Crippen LogP contribution in [0.3, 0.4) is 0 Å². The highest BCUT2D eigenvalue weighted by Crippen LogP contribution is 2.21. The van der Waals surface area contributed by atoms with Crippen molar-refractivity contribution in [1.82, 2.24) is 4.72 Å². The van der Waals surface area contributed by atoms with Crippen molar-refractivity contribution < 1.29 is 31.3 Å². The molecular formula is C11H13F2NO5S2. The van der Waals surface area contributed by atoms with Gasteiger partial charge in [-0.2, -0.15) is 0 Å². The summed E-state index contributed by atoms with van der Waals surface area (Å²) in [6.07, 6.45) is 1.37. The van der Waals surface area contributed by atoms with E-state index in [0.29, 0.717) is 12.1 Å². The van der Waals surface area contributed by atoms with Gasteiger partial charge < -0.3 is 5.11 Å². The molecule has 6 nitrogen and oxygen atoms in total. The number of nitrogens with one attached hydrogen (secondary N) is 1. The Kier molecular flexibility index (Phi) is 5.54. The summed E-state index contributed by atoms with van der Waals surface area (Å²) in [5.74, 6) is -4.97. The van der Waals surface area contributed by atoms with E-state index in [2.05, 4.69) is 4.72 Å². The molecule has 0 spiro atoms. The Morgan fingerprint density at radius 2 is 2.00 bits per heavy atom. The van der Waals surface area contributed by atoms with E-state index in [4.69, 9.17) is 5.11 Å². The van der Waals surface area contributed by atoms with Gasteiger partial charge in [0.25, 0.3) is 0 Å². The number of benzene rings is 1. The fraction of sp³-hybridized carbons (Fsp3) is 0.364. The van der Waals surface area contributed by atoms with E-state index in [1.54, 1.807) is 0 Å². The number of carboxylic acid groups (broad SMARTS) is 1. The Hall–Kier alpha value is -1.39. The fourth-order valence-electron chi connectivity index (χ4n) is 1.65. The van der Waals surface area contributed by atoms with E-state index in [9.17, 15) is 26.2 Å². The highest BCUT2D eigenvalue weighted by atomic mass is 32.2. The van der Waals surface area contributed by atoms with Crippen molar-refractivity contribution in [2.45, 2.75) is 17.9 Å². The minimum atomic E-state index is -4.40. The lowest BCUT2D eigenvalue weighted by molar-refractivity contribution is 0.0685. The maximum Gasteiger partial charge on any atom is 0.341 e. The number of hydrogen-bond donors (Lipinski definition) is 2. The Balaban J connectivity index is 3.24. The van der Waals surface area contributed by atoms with E-state index in [0.717, 1.165) is 0 Å². The van der Waals surface area contributed by atoms with Crippen LogP contribution in [0.1, 0.15) is 17.3 Å². The van der Waals surface area contributed by atoms with Crippen molar-refractivity contribution in [3.8, 4) is 0 Å². The summed E-state index contributed by atoms with van der Waals surface area (Å²) in [6.45, 7) is 1.42. The molecule has 1 rings (SSSR count). The largest absolute Gasteiger partial charge is 0.477 e. The Morgan fingerprint density at radius 1 is 1.43 bits per heavy atom. The fourth-order valence-corrected chi connectivity index (χ4v) is 3.87. The lowest BCUT2D eigenvalue weighted by Gasteiger charge is -2.14. The lowest BCUT2D eigenvalue weighted by Crippen LogP contribution is -2.36. The number of sulfonamides is 1. The van der Waals surface area contributed by atoms with Crippen LogP contribution < -0.4 is 4.72 Å². The van der Waals surface area contributed by atoms with Crippen LogP contribution in [0.4, 0.5) is 8.78 Å². The highest BCUT2D eigenvalue weighted by molar-refractivity contribution is 7.89. The molecule has 0 saturated heterocycles. The standard InChI is InChI=1S/C11H13F2NO5S2/c1-6(5-20(2)17)14-21(18,19)8-4-3-7(12)9(10(8)13)11(15)16/h3-4,6,14H,5H2,1-2H3,(H,15,16). The van der Waals surface area contributed by atoms with Crippen molar-refractivity contribution in [3.63, 3.8) is 0 Å². The summed E-state index contributed by atoms with van der Waals surface area (Å²) in [6, 6.07) is 0.428. The Labute approximate surface area is 122 Å². The minimum Gasteiger partial charge on any atom is -0.477 e. The zero-order valence-electron chi connectivity index (χ0n) is 11.1. The molecular weight excluding hydrogens is 328 g/mol. The number of carbonyl (C=O) groups is 1. The lowest BCUT2D eigenvalue weighted by atomic mass is 10.2. The molecule has 0 saturated carbocycles. The summed E-state index contributed by atoms with van der Waals surface area (Å²) < 4.78 is 64.1. The molecule has 0 fully saturated rings. The quantitative estimate of drug-likeness (QED) is 0.794. The van der Waals surface area contributed by atoms with Crippen molar-refractivity contribution in [2.24, 2.45) is 0 Å². The molecule has 2 atom stereocenters. The summed E-state index contributed by atoms with van der Waals surface area (Å²) in [4.78, 5) is 9.78. The summed E-state index contributed by atoms with van der Waals surface area (Å²) in [5.41, 5.74) is -1.34. The van der Waals surface area contributed by atoms with Crippen molar-refractivity contribution >= 4 is 26.8 Å². The van der Waals surface area contributed by atoms with Gasteiger partial charge in [-0.15, -0.1) is 0 Å². The second kappa shape index (κ2) is 6.58. The number of rotatable bonds is 6. The number of halogens is 2. The van der Waals surface area contributed by atoms with Gasteiger partial charge in [0.2, 0.25) is 10.0 Å². The van der Waals surface area contributed by atoms with Gasteiger partial charge in [-0.3, -0.25) is 4.21 Å². The summed E-state index contributed by atoms with van der Waals surface area (Å²) in [5, 5.41) is 8.70. The van der Waals surface area contributed by atoms with Crippen LogP contribution in [-0.2, 0) is 20.8 Å². The van der Waals surface area contributed by atoms with Crippen LogP contribution in [0.25, 0.3) is 0 Å². The molecule has 0 amide bonds. The first-order valence-corrected chi connectivity index (χ1v) is 8.81. The van der Waals surface area contributed by atoms with Gasteiger partial charge in [0.15, 0.2) is 5.82 Å². The minimum absolute atomic E-state index is 0.00612. The topological polar surface area (TPSA) is 101 Å². The van der Waals surface area contributed by atoms with Crippen LogP contribution in [0.5, 0.6) is 0 Å². The van der Waals surface area contributed by atoms with Crippen molar-refractivity contribution in [2.75, 3.05) is 12.0 Å². The Morgan fingerprint density at radius 3 is 2.48 bits per heavy atom. The number of carboxylic acids is 1. The first-order chi connectivity index (χ1) is 9.56. The monoisotopic (exact) mass is 341 g/mol. The third kappa shape index (κ3) is 4.29. The molecule has 0 heterocycles. The maximum absolute atomic E-state index is 13.9. The van der Waals surface area contributed by atoms with Gasteiger partial charge in [0.1, 0.15) is 16.3 Å². The van der Waals surface area contributed by atoms with Gasteiger partial charge >= 0.3 is 5.97 Å². The third-order valence-corrected chi connectivity index (χ3v) is 4.98. The van der Waals surface area contributed by atoms with Crippen LogP contribution in [0.2, 0.25) is 0 Å². The molecule has 10 heteroatoms. The van der Waals surface area contributed by atoms with Crippen LogP contribution in [-0.4, -0.2) is 41.8 Å². The molecule has 0 radical (unpaired) electrons. The Bertz CT molecular complexity index is 690. The smallest absolute Gasteiger partial charge is 0.341 e. The summed E-state index contributed by atoms with van der Waals surface area (Å²) >= 11 is 0. The normalized spacial score (nSPS) is 14.7. The number of aromatic carboxylic acids is 1. The van der Waals surface area contributed by atoms with Crippen molar-refractivity contribution in [3.05, 3.63) is 29.3 Å². The van der Waals surface area contributed by atoms with E-state index in [1.165, 1.54) is 13.2 Å². The number of hydrogen-bond acceptors (Lipinski definition) is 4. The zero-order chi connectivity index (χ0) is 16.4. The second-order valence-corrected chi connectivity index (χ2v) is 7.46. The molecule has 1 aromatic carbocycles. The van der Waals surface area contributed by atoms with Crippen LogP contribution in [0.15, 0.2) is 17.0 Å². The average Bonchev–Trinajstić information content (AvgIpc) is 2.25. The average molecular weight is 341 g/mol. The molecule has 0 aromatic heterocycles. The molecule has 21 heavy (non-hydrogen) atoms. The third-order valence-electron chi connectivity index (χ3n) is 2.40. The first-order valence-electron chi connectivity index (χ1n) is 5.60. The van der Waals surface area contributed by atoms with E-state index in [-0.39, 0.29) is 5.75 Å². The SMILES string of the molecule is CC(CS(C)=O)NS(=O)(=O)c1ccc(F)c(C(=O)O)c1F. The maximum atomic E-state index is 13.9. The van der Waals surface area contributed by atoms with Gasteiger partial charge in [0.05, 0.1) is 0 Å². The summed E-state index contributed by atoms with van der Waals surface area (Å²) in [7, 11) is -5.68. The molecule has 0 aliphatic rings. The van der Waals surface area contributed by atoms with Gasteiger partial charge in [-0.25, -0.2) is 26.7 Å². The van der Waals surface area contributed by atoms with E-state index >= 15 is 0 Å². The molecule has 0 aliphatic carbocycles. The first kappa shape index (κ1) is 17.7. The van der Waals surface area contributed by atoms with Gasteiger partial charge in [0, 0.05) is 28.9 Å². The van der Waals surface area contributed by atoms with E-state index < -0.39 is 54.9 Å². The van der Waals surface area contributed by atoms with Crippen LogP contribution in [0, 0.1) is 11.6 Å². The van der Waals surface area contributed by atoms with Gasteiger partial charge in [-0.1, -0.05) is 0 Å². The molecule has 1 aromatic rings. The molecule has 118 valence electrons. The molecule has 2 unspecified atom stereocenters. The molecule has 0 aliphatic heterocycles. The predicted molar refractivity (Wildman–Crippen MR) is 72.0 cm³/mol. The van der Waals surface area contributed by atoms with Gasteiger partial charge in [-0.05, 0) is 19.1 Å². The zero-order valence-corrected chi connectivity index (χ0v) is 12.7. The molecule has 0 bridgehead atoms. The molecule has 2 N–H and O–H groups in total. The van der Waals surface area contributed by atoms with Crippen LogP contribution >= 0.6 is 0 Å². The predicted octanol–water partition coefficient (Wildman–Crippen LogP) is 0.708. The van der Waals surface area contributed by atoms with E-state index in [1.807, 2.05) is 0 Å². The second-order valence-electron chi connectivity index (χ2n) is 4.30. The van der Waals surface area contributed by atoms with Crippen molar-refractivity contribution in [1.29, 1.82) is 0 Å².